The third kappa shape index (κ3) is 3.35. The predicted molar refractivity (Wildman–Crippen MR) is 82.6 cm³/mol. The Kier molecular flexibility index (Phi) is 5.31. The molecule has 0 fully saturated rings. The van der Waals surface area contributed by atoms with Crippen LogP contribution >= 0.6 is 0 Å². The van der Waals surface area contributed by atoms with Crippen LogP contribution in [0.1, 0.15) is 16.7 Å². The highest BCUT2D eigenvalue weighted by molar-refractivity contribution is 5.37. The molecular formula is C19H18ClNO. The Morgan fingerprint density at radius 3 is 1.82 bits per heavy atom. The Balaban J connectivity index is 0.00000176. The summed E-state index contributed by atoms with van der Waals surface area (Å²) in [4.78, 5) is 3.01. The van der Waals surface area contributed by atoms with Gasteiger partial charge in [0.2, 0.25) is 0 Å². The molecule has 3 rings (SSSR count). The Morgan fingerprint density at radius 1 is 0.727 bits per heavy atom. The molecule has 0 aliphatic rings. The molecular weight excluding hydrogens is 294 g/mol. The summed E-state index contributed by atoms with van der Waals surface area (Å²) < 4.78 is 0. The zero-order chi connectivity index (χ0) is 14.5. The average Bonchev–Trinajstić information content (AvgIpc) is 2.57. The fraction of sp³-hybridized carbons (Fsp3) is 0.105. The van der Waals surface area contributed by atoms with E-state index >= 15 is 0 Å². The average molecular weight is 312 g/mol. The number of halogens is 1. The van der Waals surface area contributed by atoms with Crippen molar-refractivity contribution in [2.75, 3.05) is 0 Å². The van der Waals surface area contributed by atoms with Crippen molar-refractivity contribution in [3.05, 3.63) is 102 Å². The van der Waals surface area contributed by atoms with Crippen molar-refractivity contribution in [1.29, 1.82) is 0 Å². The first-order chi connectivity index (χ1) is 10.3. The standard InChI is InChI=1S/C19H17NO.ClH/c21-19(17-9-5-2-6-10-17,18-11-13-20-14-12-18)15-16-7-3-1-4-8-16;/h1-14,21H,15H2;1H/t19-;/m1./s1. The van der Waals surface area contributed by atoms with Crippen molar-refractivity contribution in [2.45, 2.75) is 12.0 Å². The zero-order valence-corrected chi connectivity index (χ0v) is 12.9. The van der Waals surface area contributed by atoms with Crippen molar-refractivity contribution >= 4 is 0 Å². The van der Waals surface area contributed by atoms with E-state index in [0.29, 0.717) is 6.42 Å². The van der Waals surface area contributed by atoms with E-state index in [0.717, 1.165) is 16.7 Å². The zero-order valence-electron chi connectivity index (χ0n) is 12.1. The van der Waals surface area contributed by atoms with Crippen molar-refractivity contribution in [2.24, 2.45) is 0 Å². The van der Waals surface area contributed by atoms with Crippen LogP contribution in [0.2, 0.25) is 0 Å². The second-order valence-electron chi connectivity index (χ2n) is 5.18. The van der Waals surface area contributed by atoms with Crippen LogP contribution in [-0.4, -0.2) is 5.11 Å². The highest BCUT2D eigenvalue weighted by atomic mass is 35.5. The Labute approximate surface area is 136 Å². The number of nitrogens with one attached hydrogen (secondary N) is 1. The second-order valence-corrected chi connectivity index (χ2v) is 5.18. The van der Waals surface area contributed by atoms with Gasteiger partial charge >= 0.3 is 0 Å². The molecule has 3 aromatic rings. The Morgan fingerprint density at radius 2 is 1.23 bits per heavy atom. The predicted octanol–water partition coefficient (Wildman–Crippen LogP) is -0.0167. The van der Waals surface area contributed by atoms with Gasteiger partial charge in [-0.1, -0.05) is 60.7 Å². The number of hydrogen-bond donors (Lipinski definition) is 1. The molecule has 0 aliphatic heterocycles. The molecule has 2 aromatic carbocycles. The fourth-order valence-corrected chi connectivity index (χ4v) is 2.64. The van der Waals surface area contributed by atoms with Crippen LogP contribution in [0.15, 0.2) is 85.2 Å². The topological polar surface area (TPSA) is 34.4 Å². The van der Waals surface area contributed by atoms with E-state index in [2.05, 4.69) is 4.98 Å². The first-order valence-electron chi connectivity index (χ1n) is 7.07. The van der Waals surface area contributed by atoms with Crippen LogP contribution in [0.5, 0.6) is 0 Å². The summed E-state index contributed by atoms with van der Waals surface area (Å²) in [5, 5.41) is 11.4. The molecule has 0 spiro atoms. The minimum Gasteiger partial charge on any atom is -1.00 e. The minimum absolute atomic E-state index is 0. The first kappa shape index (κ1) is 16.2. The molecule has 0 radical (unpaired) electrons. The SMILES string of the molecule is O[C@](Cc1ccccc1)(c1ccccc1)c1cc[nH+]cc1.[Cl-]. The highest BCUT2D eigenvalue weighted by Gasteiger charge is 2.32. The maximum atomic E-state index is 11.4. The number of pyridine rings is 1. The Bertz CT molecular complexity index is 647. The van der Waals surface area contributed by atoms with Crippen molar-refractivity contribution < 1.29 is 22.5 Å². The summed E-state index contributed by atoms with van der Waals surface area (Å²) >= 11 is 0. The van der Waals surface area contributed by atoms with E-state index in [1.54, 1.807) is 0 Å². The first-order valence-corrected chi connectivity index (χ1v) is 7.07. The van der Waals surface area contributed by atoms with Gasteiger partial charge in [0.15, 0.2) is 12.4 Å². The van der Waals surface area contributed by atoms with E-state index in [-0.39, 0.29) is 12.4 Å². The number of benzene rings is 2. The van der Waals surface area contributed by atoms with Gasteiger partial charge < -0.3 is 17.5 Å². The summed E-state index contributed by atoms with van der Waals surface area (Å²) in [7, 11) is 0. The maximum absolute atomic E-state index is 11.4. The number of aromatic nitrogens is 1. The van der Waals surface area contributed by atoms with Crippen LogP contribution in [-0.2, 0) is 12.0 Å². The molecule has 2 N–H and O–H groups in total. The molecule has 2 nitrogen and oxygen atoms in total. The maximum Gasteiger partial charge on any atom is 0.167 e. The third-order valence-electron chi connectivity index (χ3n) is 3.75. The molecule has 112 valence electrons. The number of hydrogen-bond acceptors (Lipinski definition) is 1. The molecule has 0 aliphatic carbocycles. The lowest BCUT2D eigenvalue weighted by Crippen LogP contribution is -3.00. The van der Waals surface area contributed by atoms with Gasteiger partial charge in [-0.15, -0.1) is 0 Å². The van der Waals surface area contributed by atoms with E-state index in [1.807, 2.05) is 85.2 Å². The lowest BCUT2D eigenvalue weighted by atomic mass is 9.82. The number of rotatable bonds is 4. The Hall–Kier alpha value is -2.16. The van der Waals surface area contributed by atoms with Crippen LogP contribution in [0.4, 0.5) is 0 Å². The number of aromatic amines is 1. The second kappa shape index (κ2) is 7.21. The molecule has 0 saturated carbocycles. The molecule has 3 heteroatoms. The minimum atomic E-state index is -1.03. The quantitative estimate of drug-likeness (QED) is 0.722. The summed E-state index contributed by atoms with van der Waals surface area (Å²) in [6.45, 7) is 0. The molecule has 0 bridgehead atoms. The van der Waals surface area contributed by atoms with Crippen LogP contribution in [0, 0.1) is 0 Å². The largest absolute Gasteiger partial charge is 1.00 e. The van der Waals surface area contributed by atoms with Crippen molar-refractivity contribution in [1.82, 2.24) is 0 Å². The lowest BCUT2D eigenvalue weighted by Gasteiger charge is -2.29. The molecule has 1 atom stereocenters. The van der Waals surface area contributed by atoms with Crippen molar-refractivity contribution in [3.8, 4) is 0 Å². The normalized spacial score (nSPS) is 13.0. The smallest absolute Gasteiger partial charge is 0.167 e. The molecule has 1 aromatic heterocycles. The van der Waals surface area contributed by atoms with Crippen LogP contribution in [0.3, 0.4) is 0 Å². The number of aliphatic hydroxyl groups is 1. The van der Waals surface area contributed by atoms with Crippen LogP contribution < -0.4 is 17.4 Å². The van der Waals surface area contributed by atoms with Gasteiger partial charge in [0.25, 0.3) is 0 Å². The summed E-state index contributed by atoms with van der Waals surface area (Å²) in [6, 6.07) is 23.8. The third-order valence-corrected chi connectivity index (χ3v) is 3.75. The van der Waals surface area contributed by atoms with E-state index < -0.39 is 5.60 Å². The molecule has 0 amide bonds. The monoisotopic (exact) mass is 311 g/mol. The number of H-pyrrole nitrogens is 1. The van der Waals surface area contributed by atoms with Gasteiger partial charge in [-0.3, -0.25) is 0 Å². The van der Waals surface area contributed by atoms with E-state index in [9.17, 15) is 5.11 Å². The van der Waals surface area contributed by atoms with Gasteiger partial charge in [-0.2, -0.15) is 0 Å². The van der Waals surface area contributed by atoms with Gasteiger partial charge in [0, 0.05) is 24.1 Å². The van der Waals surface area contributed by atoms with Gasteiger partial charge in [0.1, 0.15) is 5.60 Å². The van der Waals surface area contributed by atoms with Gasteiger partial charge in [-0.25, -0.2) is 4.98 Å². The summed E-state index contributed by atoms with van der Waals surface area (Å²) in [5.41, 5.74) is 1.87. The fourth-order valence-electron chi connectivity index (χ4n) is 2.64. The van der Waals surface area contributed by atoms with Crippen LogP contribution in [0.25, 0.3) is 0 Å². The molecule has 1 heterocycles. The van der Waals surface area contributed by atoms with E-state index in [1.165, 1.54) is 0 Å². The molecule has 0 unspecified atom stereocenters. The summed E-state index contributed by atoms with van der Waals surface area (Å²) in [5.74, 6) is 0. The lowest BCUT2D eigenvalue weighted by molar-refractivity contribution is -0.378. The van der Waals surface area contributed by atoms with Gasteiger partial charge in [0.05, 0.1) is 0 Å². The van der Waals surface area contributed by atoms with Gasteiger partial charge in [-0.05, 0) is 11.1 Å². The highest BCUT2D eigenvalue weighted by Crippen LogP contribution is 2.32. The molecule has 0 saturated heterocycles. The summed E-state index contributed by atoms with van der Waals surface area (Å²) in [6.07, 6.45) is 4.23. The molecule has 22 heavy (non-hydrogen) atoms. The van der Waals surface area contributed by atoms with Crippen molar-refractivity contribution in [3.63, 3.8) is 0 Å². The van der Waals surface area contributed by atoms with E-state index in [4.69, 9.17) is 0 Å².